The lowest BCUT2D eigenvalue weighted by Gasteiger charge is -2.26. The zero-order chi connectivity index (χ0) is 25.0. The van der Waals surface area contributed by atoms with E-state index in [0.717, 1.165) is 22.0 Å². The normalized spacial score (nSPS) is 11.9. The summed E-state index contributed by atoms with van der Waals surface area (Å²) >= 11 is 0. The van der Waals surface area contributed by atoms with Crippen molar-refractivity contribution in [3.8, 4) is 0 Å². The summed E-state index contributed by atoms with van der Waals surface area (Å²) < 4.78 is 19.9. The lowest BCUT2D eigenvalue weighted by molar-refractivity contribution is 0.583. The Balaban J connectivity index is 1.78. The van der Waals surface area contributed by atoms with Gasteiger partial charge in [0, 0.05) is 12.7 Å². The highest BCUT2D eigenvalue weighted by Gasteiger charge is 2.23. The highest BCUT2D eigenvalue weighted by atomic mass is 32.3. The summed E-state index contributed by atoms with van der Waals surface area (Å²) in [6.07, 6.45) is 2.04. The zero-order valence-corrected chi connectivity index (χ0v) is 21.2. The standard InChI is InChI=1S/C32H28N2OS/c1-25-20-22-28(23-21-25)34(2)32(24-27-14-11-13-26-12-9-10-19-31(26)27)33-36(35,29-15-5-3-6-16-29)30-17-7-4-8-18-30/h3-24H,1-2H3/b32-24-. The average Bonchev–Trinajstić information content (AvgIpc) is 2.94. The van der Waals surface area contributed by atoms with Gasteiger partial charge in [0.2, 0.25) is 0 Å². The maximum atomic E-state index is 14.8. The number of rotatable bonds is 6. The van der Waals surface area contributed by atoms with Gasteiger partial charge >= 0.3 is 0 Å². The number of nitrogens with zero attached hydrogens (tertiary/aromatic N) is 2. The van der Waals surface area contributed by atoms with Crippen LogP contribution in [0.15, 0.2) is 147 Å². The monoisotopic (exact) mass is 488 g/mol. The Kier molecular flexibility index (Phi) is 6.81. The van der Waals surface area contributed by atoms with E-state index in [1.54, 1.807) is 0 Å². The minimum atomic E-state index is -2.97. The molecule has 5 rings (SSSR count). The molecule has 0 saturated heterocycles. The van der Waals surface area contributed by atoms with Crippen molar-refractivity contribution in [2.24, 2.45) is 4.36 Å². The van der Waals surface area contributed by atoms with E-state index in [2.05, 4.69) is 55.5 Å². The molecule has 0 aliphatic carbocycles. The van der Waals surface area contributed by atoms with Crippen LogP contribution in [0.1, 0.15) is 11.1 Å². The molecule has 0 unspecified atom stereocenters. The molecule has 0 saturated carbocycles. The van der Waals surface area contributed by atoms with Crippen LogP contribution in [0.4, 0.5) is 5.69 Å². The first-order chi connectivity index (χ1) is 17.5. The van der Waals surface area contributed by atoms with E-state index in [1.807, 2.05) is 96.9 Å². The van der Waals surface area contributed by atoms with Crippen LogP contribution < -0.4 is 4.90 Å². The molecule has 0 fully saturated rings. The predicted molar refractivity (Wildman–Crippen MR) is 151 cm³/mol. The topological polar surface area (TPSA) is 38.7 Å². The van der Waals surface area contributed by atoms with E-state index >= 15 is 0 Å². The Labute approximate surface area is 214 Å². The van der Waals surface area contributed by atoms with Gasteiger partial charge in [-0.25, -0.2) is 0 Å². The van der Waals surface area contributed by atoms with Gasteiger partial charge in [0.05, 0.1) is 0 Å². The molecule has 0 amide bonds. The molecule has 3 nitrogen and oxygen atoms in total. The fourth-order valence-electron chi connectivity index (χ4n) is 4.18. The van der Waals surface area contributed by atoms with Gasteiger partial charge in [-0.2, -0.15) is 0 Å². The van der Waals surface area contributed by atoms with Crippen molar-refractivity contribution in [3.63, 3.8) is 0 Å². The summed E-state index contributed by atoms with van der Waals surface area (Å²) in [5, 5.41) is 2.27. The van der Waals surface area contributed by atoms with Crippen molar-refractivity contribution >= 4 is 32.6 Å². The molecule has 0 atom stereocenters. The second-order valence-electron chi connectivity index (χ2n) is 8.71. The second kappa shape index (κ2) is 10.3. The number of hydrogen-bond donors (Lipinski definition) is 0. The molecule has 36 heavy (non-hydrogen) atoms. The summed E-state index contributed by atoms with van der Waals surface area (Å²) in [6.45, 7) is 2.07. The molecule has 0 bridgehead atoms. The fraction of sp³-hybridized carbons (Fsp3) is 0.0625. The number of fused-ring (bicyclic) bond motifs is 1. The van der Waals surface area contributed by atoms with Crippen LogP contribution in [-0.4, -0.2) is 11.6 Å². The molecule has 0 heterocycles. The largest absolute Gasteiger partial charge is 0.622 e. The zero-order valence-electron chi connectivity index (χ0n) is 20.4. The van der Waals surface area contributed by atoms with Gasteiger partial charge in [-0.1, -0.05) is 101 Å². The Morgan fingerprint density at radius 2 is 1.25 bits per heavy atom. The highest BCUT2D eigenvalue weighted by Crippen LogP contribution is 2.33. The molecule has 178 valence electrons. The first-order valence-electron chi connectivity index (χ1n) is 11.9. The van der Waals surface area contributed by atoms with Crippen molar-refractivity contribution < 1.29 is 4.55 Å². The van der Waals surface area contributed by atoms with Gasteiger partial charge in [-0.05, 0) is 75.8 Å². The molecule has 4 heteroatoms. The van der Waals surface area contributed by atoms with Crippen molar-refractivity contribution in [2.75, 3.05) is 11.9 Å². The molecule has 0 aliphatic heterocycles. The van der Waals surface area contributed by atoms with Crippen molar-refractivity contribution in [3.05, 3.63) is 144 Å². The molecule has 0 radical (unpaired) electrons. The molecule has 0 spiro atoms. The van der Waals surface area contributed by atoms with Gasteiger partial charge in [0.15, 0.2) is 5.82 Å². The van der Waals surface area contributed by atoms with Gasteiger partial charge < -0.3 is 9.45 Å². The van der Waals surface area contributed by atoms with E-state index in [-0.39, 0.29) is 0 Å². The van der Waals surface area contributed by atoms with E-state index in [1.165, 1.54) is 5.56 Å². The molecular weight excluding hydrogens is 460 g/mol. The van der Waals surface area contributed by atoms with Crippen molar-refractivity contribution in [1.29, 1.82) is 0 Å². The summed E-state index contributed by atoms with van der Waals surface area (Å²) in [7, 11) is -0.992. The molecule has 5 aromatic rings. The van der Waals surface area contributed by atoms with Crippen LogP contribution in [-0.2, 0) is 10.1 Å². The third-order valence-corrected chi connectivity index (χ3v) is 8.49. The Morgan fingerprint density at radius 3 is 1.89 bits per heavy atom. The van der Waals surface area contributed by atoms with Crippen LogP contribution in [0.2, 0.25) is 0 Å². The summed E-state index contributed by atoms with van der Waals surface area (Å²) in [4.78, 5) is 3.36. The summed E-state index contributed by atoms with van der Waals surface area (Å²) in [5.41, 5.74) is 3.17. The summed E-state index contributed by atoms with van der Waals surface area (Å²) in [6, 6.07) is 41.8. The van der Waals surface area contributed by atoms with Gasteiger partial charge in [-0.15, -0.1) is 0 Å². The number of anilines is 1. The maximum absolute atomic E-state index is 14.8. The van der Waals surface area contributed by atoms with E-state index < -0.39 is 10.1 Å². The SMILES string of the molecule is Cc1ccc(N(C)/C(=C\c2cccc3ccccc23)N=[S+]([O-])(c2ccccc2)c2ccccc2)cc1. The first-order valence-corrected chi connectivity index (χ1v) is 13.4. The number of aryl methyl sites for hydroxylation is 1. The van der Waals surface area contributed by atoms with Gasteiger partial charge in [0.1, 0.15) is 9.79 Å². The van der Waals surface area contributed by atoms with Gasteiger partial charge in [-0.3, -0.25) is 0 Å². The maximum Gasteiger partial charge on any atom is 0.180 e. The molecule has 0 aliphatic rings. The number of benzene rings is 5. The van der Waals surface area contributed by atoms with Gasteiger partial charge in [0.25, 0.3) is 0 Å². The summed E-state index contributed by atoms with van der Waals surface area (Å²) in [5.74, 6) is 0.618. The van der Waals surface area contributed by atoms with E-state index in [0.29, 0.717) is 15.6 Å². The van der Waals surface area contributed by atoms with Crippen LogP contribution in [0.3, 0.4) is 0 Å². The molecule has 0 N–H and O–H groups in total. The number of hydrogen-bond acceptors (Lipinski definition) is 3. The molecule has 5 aromatic carbocycles. The first kappa shape index (κ1) is 23.7. The minimum Gasteiger partial charge on any atom is -0.622 e. The van der Waals surface area contributed by atoms with Crippen LogP contribution in [0.25, 0.3) is 16.8 Å². The Morgan fingerprint density at radius 1 is 0.694 bits per heavy atom. The predicted octanol–water partition coefficient (Wildman–Crippen LogP) is 8.17. The lowest BCUT2D eigenvalue weighted by Crippen LogP contribution is -2.20. The second-order valence-corrected chi connectivity index (χ2v) is 10.9. The lowest BCUT2D eigenvalue weighted by atomic mass is 10.0. The van der Waals surface area contributed by atoms with Crippen molar-refractivity contribution in [1.82, 2.24) is 0 Å². The third-order valence-electron chi connectivity index (χ3n) is 6.22. The highest BCUT2D eigenvalue weighted by molar-refractivity contribution is 8.00. The Bertz CT molecular complexity index is 1510. The molecular formula is C32H28N2OS. The van der Waals surface area contributed by atoms with E-state index in [4.69, 9.17) is 4.36 Å². The Hall–Kier alpha value is -3.99. The molecule has 0 aromatic heterocycles. The minimum absolute atomic E-state index is 0.618. The average molecular weight is 489 g/mol. The van der Waals surface area contributed by atoms with Crippen LogP contribution >= 0.6 is 0 Å². The van der Waals surface area contributed by atoms with Crippen molar-refractivity contribution in [2.45, 2.75) is 16.7 Å². The quantitative estimate of drug-likeness (QED) is 0.226. The third kappa shape index (κ3) is 4.87. The van der Waals surface area contributed by atoms with E-state index in [9.17, 15) is 4.55 Å². The van der Waals surface area contributed by atoms with Crippen LogP contribution in [0.5, 0.6) is 0 Å². The fourth-order valence-corrected chi connectivity index (χ4v) is 6.16. The smallest absolute Gasteiger partial charge is 0.180 e. The van der Waals surface area contributed by atoms with Crippen LogP contribution in [0, 0.1) is 6.92 Å².